The Morgan fingerprint density at radius 3 is 2.68 bits per heavy atom. The Bertz CT molecular complexity index is 1220. The Balaban J connectivity index is 1.99. The molecule has 31 heavy (non-hydrogen) atoms. The van der Waals surface area contributed by atoms with Crippen LogP contribution in [0.4, 0.5) is 10.7 Å². The van der Waals surface area contributed by atoms with Crippen molar-refractivity contribution in [1.29, 1.82) is 5.26 Å². The van der Waals surface area contributed by atoms with Crippen LogP contribution in [0.3, 0.4) is 0 Å². The molecular formula is C22H19BrN4O3S. The molecule has 0 unspecified atom stereocenters. The summed E-state index contributed by atoms with van der Waals surface area (Å²) >= 11 is 4.45. The number of halogens is 1. The summed E-state index contributed by atoms with van der Waals surface area (Å²) < 4.78 is 0.843. The number of rotatable bonds is 3. The van der Waals surface area contributed by atoms with Gasteiger partial charge in [-0.05, 0) is 36.1 Å². The molecule has 1 atom stereocenters. The Hall–Kier alpha value is -2.96. The van der Waals surface area contributed by atoms with Gasteiger partial charge in [0.05, 0.1) is 22.5 Å². The quantitative estimate of drug-likeness (QED) is 0.449. The lowest BCUT2D eigenvalue weighted by molar-refractivity contribution is -0.380. The number of hydrogen-bond acceptors (Lipinski definition) is 7. The number of ketones is 1. The Kier molecular flexibility index (Phi) is 5.23. The first-order chi connectivity index (χ1) is 14.6. The number of thiophene rings is 1. The number of carbonyl (C=O) groups excluding carboxylic acids is 1. The van der Waals surface area contributed by atoms with Gasteiger partial charge < -0.3 is 5.73 Å². The summed E-state index contributed by atoms with van der Waals surface area (Å²) in [6, 6.07) is 12.7. The highest BCUT2D eigenvalue weighted by Crippen LogP contribution is 2.51. The van der Waals surface area contributed by atoms with Gasteiger partial charge in [0.1, 0.15) is 5.82 Å². The largest absolute Gasteiger partial charge is 0.384 e. The van der Waals surface area contributed by atoms with E-state index in [-0.39, 0.29) is 27.6 Å². The van der Waals surface area contributed by atoms with Crippen LogP contribution in [-0.2, 0) is 4.79 Å². The molecule has 2 N–H and O–H groups in total. The van der Waals surface area contributed by atoms with Crippen LogP contribution in [0.25, 0.3) is 0 Å². The average molecular weight is 499 g/mol. The summed E-state index contributed by atoms with van der Waals surface area (Å²) in [5, 5.41) is 21.2. The van der Waals surface area contributed by atoms with Gasteiger partial charge in [0.2, 0.25) is 0 Å². The molecule has 0 fully saturated rings. The Morgan fingerprint density at radius 2 is 2.06 bits per heavy atom. The summed E-state index contributed by atoms with van der Waals surface area (Å²) in [5.41, 5.74) is 8.48. The summed E-state index contributed by atoms with van der Waals surface area (Å²) in [7, 11) is 0. The van der Waals surface area contributed by atoms with Crippen molar-refractivity contribution < 1.29 is 9.72 Å². The van der Waals surface area contributed by atoms with E-state index in [2.05, 4.69) is 22.0 Å². The minimum absolute atomic E-state index is 0.0361. The summed E-state index contributed by atoms with van der Waals surface area (Å²) in [6.07, 6.45) is 0.921. The van der Waals surface area contributed by atoms with Crippen molar-refractivity contribution in [3.8, 4) is 6.07 Å². The van der Waals surface area contributed by atoms with Gasteiger partial charge in [-0.25, -0.2) is 0 Å². The molecule has 1 aliphatic carbocycles. The smallest absolute Gasteiger partial charge is 0.324 e. The Morgan fingerprint density at radius 1 is 1.32 bits per heavy atom. The van der Waals surface area contributed by atoms with Crippen LogP contribution in [0.15, 0.2) is 63.5 Å². The average Bonchev–Trinajstić information content (AvgIpc) is 3.16. The molecule has 0 radical (unpaired) electrons. The molecule has 0 bridgehead atoms. The van der Waals surface area contributed by atoms with E-state index >= 15 is 0 Å². The number of allylic oxidation sites excluding steroid dienone is 3. The van der Waals surface area contributed by atoms with Crippen molar-refractivity contribution in [2.75, 3.05) is 4.90 Å². The number of Topliss-reactive ketones (excluding diaryl/α,β-unsaturated/α-hetero) is 1. The summed E-state index contributed by atoms with van der Waals surface area (Å²) in [4.78, 5) is 26.5. The number of benzene rings is 1. The van der Waals surface area contributed by atoms with Crippen LogP contribution in [0, 0.1) is 26.9 Å². The predicted molar refractivity (Wildman–Crippen MR) is 122 cm³/mol. The number of nitriles is 1. The SMILES string of the molecule is CC1(C)CC(=O)C2=C(C1)N(c1cccc(Br)c1)C(N)=C(C#N)[C@H]2c1ccc([N+](=O)[O-])s1. The lowest BCUT2D eigenvalue weighted by Crippen LogP contribution is -2.42. The first-order valence-corrected chi connectivity index (χ1v) is 11.2. The molecule has 0 saturated heterocycles. The summed E-state index contributed by atoms with van der Waals surface area (Å²) in [6.45, 7) is 4.05. The minimum Gasteiger partial charge on any atom is -0.384 e. The first-order valence-electron chi connectivity index (χ1n) is 9.59. The third-order valence-electron chi connectivity index (χ3n) is 5.52. The van der Waals surface area contributed by atoms with Crippen LogP contribution in [-0.4, -0.2) is 10.7 Å². The molecule has 4 rings (SSSR count). The van der Waals surface area contributed by atoms with Crippen molar-refractivity contribution >= 4 is 43.7 Å². The van der Waals surface area contributed by atoms with E-state index < -0.39 is 10.8 Å². The second kappa shape index (κ2) is 7.62. The van der Waals surface area contributed by atoms with Crippen molar-refractivity contribution in [2.24, 2.45) is 11.1 Å². The van der Waals surface area contributed by atoms with E-state index in [0.29, 0.717) is 23.3 Å². The zero-order valence-electron chi connectivity index (χ0n) is 16.9. The van der Waals surface area contributed by atoms with Crippen LogP contribution in [0.5, 0.6) is 0 Å². The fraction of sp³-hybridized carbons (Fsp3) is 0.273. The maximum absolute atomic E-state index is 13.4. The molecule has 1 aromatic carbocycles. The second-order valence-corrected chi connectivity index (χ2v) is 10.4. The van der Waals surface area contributed by atoms with E-state index in [1.54, 1.807) is 11.0 Å². The zero-order valence-corrected chi connectivity index (χ0v) is 19.3. The molecule has 1 aliphatic heterocycles. The van der Waals surface area contributed by atoms with Gasteiger partial charge in [-0.15, -0.1) is 0 Å². The molecule has 9 heteroatoms. The van der Waals surface area contributed by atoms with Crippen molar-refractivity contribution in [1.82, 2.24) is 0 Å². The third kappa shape index (κ3) is 3.66. The maximum Gasteiger partial charge on any atom is 0.324 e. The number of nitrogens with zero attached hydrogens (tertiary/aromatic N) is 3. The molecule has 7 nitrogen and oxygen atoms in total. The minimum atomic E-state index is -0.703. The highest BCUT2D eigenvalue weighted by molar-refractivity contribution is 9.10. The molecule has 0 saturated carbocycles. The molecular weight excluding hydrogens is 480 g/mol. The molecule has 0 spiro atoms. The van der Waals surface area contributed by atoms with Gasteiger partial charge in [0.25, 0.3) is 0 Å². The van der Waals surface area contributed by atoms with Gasteiger partial charge >= 0.3 is 5.00 Å². The summed E-state index contributed by atoms with van der Waals surface area (Å²) in [5.74, 6) is -0.524. The van der Waals surface area contributed by atoms with Gasteiger partial charge in [0, 0.05) is 38.8 Å². The zero-order chi connectivity index (χ0) is 22.5. The van der Waals surface area contributed by atoms with E-state index in [0.717, 1.165) is 27.2 Å². The molecule has 1 aromatic heterocycles. The fourth-order valence-electron chi connectivity index (χ4n) is 4.30. The van der Waals surface area contributed by atoms with Gasteiger partial charge in [-0.1, -0.05) is 47.2 Å². The number of nitrogens with two attached hydrogens (primary N) is 1. The monoisotopic (exact) mass is 498 g/mol. The van der Waals surface area contributed by atoms with Gasteiger partial charge in [0.15, 0.2) is 5.78 Å². The van der Waals surface area contributed by atoms with Crippen molar-refractivity contribution in [3.63, 3.8) is 0 Å². The lowest BCUT2D eigenvalue weighted by atomic mass is 9.69. The van der Waals surface area contributed by atoms with E-state index in [9.17, 15) is 20.2 Å². The molecule has 0 amide bonds. The molecule has 2 aliphatic rings. The first kappa shape index (κ1) is 21.3. The highest BCUT2D eigenvalue weighted by atomic mass is 79.9. The highest BCUT2D eigenvalue weighted by Gasteiger charge is 2.45. The standard InChI is InChI=1S/C22H19BrN4O3S/c1-22(2)9-15-20(16(28)10-22)19(17-6-7-18(31-17)27(29)30)14(11-24)21(25)26(15)13-5-3-4-12(23)8-13/h3-8,19H,9-10,25H2,1-2H3/t19-/m0/s1. The van der Waals surface area contributed by atoms with E-state index in [1.807, 2.05) is 38.1 Å². The van der Waals surface area contributed by atoms with Crippen LogP contribution in [0.2, 0.25) is 0 Å². The predicted octanol–water partition coefficient (Wildman–Crippen LogP) is 5.36. The number of anilines is 1. The fourth-order valence-corrected chi connectivity index (χ4v) is 5.63. The lowest BCUT2D eigenvalue weighted by Gasteiger charge is -2.43. The number of nitro groups is 1. The maximum atomic E-state index is 13.4. The van der Waals surface area contributed by atoms with E-state index in [4.69, 9.17) is 5.73 Å². The molecule has 2 heterocycles. The molecule has 158 valence electrons. The molecule has 2 aromatic rings. The van der Waals surface area contributed by atoms with E-state index in [1.165, 1.54) is 6.07 Å². The van der Waals surface area contributed by atoms with Gasteiger partial charge in [-0.3, -0.25) is 19.8 Å². The number of carbonyl (C=O) groups is 1. The third-order valence-corrected chi connectivity index (χ3v) is 7.12. The van der Waals surface area contributed by atoms with Crippen LogP contribution in [0.1, 0.15) is 37.5 Å². The Labute approximate surface area is 191 Å². The van der Waals surface area contributed by atoms with Crippen LogP contribution < -0.4 is 10.6 Å². The number of hydrogen-bond donors (Lipinski definition) is 1. The topological polar surface area (TPSA) is 113 Å². The second-order valence-electron chi connectivity index (χ2n) is 8.39. The van der Waals surface area contributed by atoms with Crippen LogP contribution >= 0.6 is 27.3 Å². The van der Waals surface area contributed by atoms with Gasteiger partial charge in [-0.2, -0.15) is 5.26 Å². The normalized spacial score (nSPS) is 20.5. The van der Waals surface area contributed by atoms with Crippen molar-refractivity contribution in [2.45, 2.75) is 32.6 Å². The van der Waals surface area contributed by atoms with Crippen molar-refractivity contribution in [3.05, 3.63) is 78.5 Å².